The van der Waals surface area contributed by atoms with Crippen LogP contribution in [0.15, 0.2) is 34.6 Å². The van der Waals surface area contributed by atoms with Gasteiger partial charge in [0.05, 0.1) is 4.90 Å². The minimum absolute atomic E-state index is 0.0807. The van der Waals surface area contributed by atoms with E-state index in [0.717, 1.165) is 12.0 Å². The number of nitrogens with two attached hydrogens (primary N) is 1. The topological polar surface area (TPSA) is 67.6 Å². The second kappa shape index (κ2) is 5.97. The zero-order valence-corrected chi connectivity index (χ0v) is 10.9. The molecule has 0 amide bonds. The number of aromatic nitrogens is 3. The van der Waals surface area contributed by atoms with Crippen molar-refractivity contribution in [1.29, 1.82) is 0 Å². The number of H-pyrrole nitrogens is 1. The van der Waals surface area contributed by atoms with Crippen LogP contribution in [-0.2, 0) is 6.42 Å². The molecule has 0 bridgehead atoms. The number of halogens is 1. The molecule has 18 heavy (non-hydrogen) atoms. The van der Waals surface area contributed by atoms with Crippen molar-refractivity contribution < 1.29 is 4.39 Å². The van der Waals surface area contributed by atoms with Crippen molar-refractivity contribution in [2.45, 2.75) is 35.9 Å². The number of hydrogen-bond acceptors (Lipinski definition) is 4. The van der Waals surface area contributed by atoms with Crippen molar-refractivity contribution in [3.8, 4) is 0 Å². The van der Waals surface area contributed by atoms with E-state index in [1.807, 2.05) is 13.0 Å². The fourth-order valence-corrected chi connectivity index (χ4v) is 2.25. The second-order valence-corrected chi connectivity index (χ2v) is 5.06. The number of nitrogens with zero attached hydrogens (tertiary/aromatic N) is 2. The van der Waals surface area contributed by atoms with E-state index in [2.05, 4.69) is 15.2 Å². The quantitative estimate of drug-likeness (QED) is 0.872. The van der Waals surface area contributed by atoms with Gasteiger partial charge in [-0.1, -0.05) is 13.0 Å². The highest BCUT2D eigenvalue weighted by Crippen LogP contribution is 2.27. The van der Waals surface area contributed by atoms with Crippen molar-refractivity contribution in [3.63, 3.8) is 0 Å². The molecule has 0 radical (unpaired) electrons. The number of aromatic amines is 1. The van der Waals surface area contributed by atoms with E-state index in [9.17, 15) is 4.39 Å². The van der Waals surface area contributed by atoms with E-state index in [1.54, 1.807) is 6.07 Å². The molecule has 2 rings (SSSR count). The molecule has 6 heteroatoms. The summed E-state index contributed by atoms with van der Waals surface area (Å²) in [6.07, 6.45) is 2.98. The van der Waals surface area contributed by atoms with Crippen molar-refractivity contribution >= 4 is 11.8 Å². The Labute approximate surface area is 109 Å². The molecular formula is C12H15FN4S. The number of hydrogen-bond donors (Lipinski definition) is 2. The molecule has 1 heterocycles. The van der Waals surface area contributed by atoms with E-state index >= 15 is 0 Å². The van der Waals surface area contributed by atoms with E-state index in [1.165, 1.54) is 24.2 Å². The van der Waals surface area contributed by atoms with E-state index in [-0.39, 0.29) is 11.9 Å². The molecular weight excluding hydrogens is 251 g/mol. The molecule has 1 unspecified atom stereocenters. The molecule has 4 nitrogen and oxygen atoms in total. The molecule has 2 aromatic rings. The van der Waals surface area contributed by atoms with Crippen molar-refractivity contribution in [2.75, 3.05) is 0 Å². The molecule has 96 valence electrons. The summed E-state index contributed by atoms with van der Waals surface area (Å²) in [6.45, 7) is 2.02. The lowest BCUT2D eigenvalue weighted by Gasteiger charge is -2.09. The Morgan fingerprint density at radius 3 is 2.94 bits per heavy atom. The molecule has 1 aromatic heterocycles. The Kier molecular flexibility index (Phi) is 4.33. The average Bonchev–Trinajstić information content (AvgIpc) is 2.85. The van der Waals surface area contributed by atoms with Crippen LogP contribution < -0.4 is 5.73 Å². The first-order chi connectivity index (χ1) is 8.69. The van der Waals surface area contributed by atoms with Gasteiger partial charge in [0.2, 0.25) is 0 Å². The highest BCUT2D eigenvalue weighted by atomic mass is 32.2. The smallest absolute Gasteiger partial charge is 0.188 e. The van der Waals surface area contributed by atoms with Crippen LogP contribution in [0.1, 0.15) is 18.9 Å². The van der Waals surface area contributed by atoms with Gasteiger partial charge in [-0.05, 0) is 42.3 Å². The summed E-state index contributed by atoms with van der Waals surface area (Å²) in [5, 5.41) is 6.98. The van der Waals surface area contributed by atoms with Crippen molar-refractivity contribution in [3.05, 3.63) is 35.9 Å². The lowest BCUT2D eigenvalue weighted by molar-refractivity contribution is 0.592. The Morgan fingerprint density at radius 1 is 1.50 bits per heavy atom. The van der Waals surface area contributed by atoms with E-state index in [0.29, 0.717) is 16.5 Å². The first kappa shape index (κ1) is 13.0. The summed E-state index contributed by atoms with van der Waals surface area (Å²) < 4.78 is 13.9. The number of benzene rings is 1. The Hall–Kier alpha value is -1.40. The third-order valence-corrected chi connectivity index (χ3v) is 3.56. The maximum Gasteiger partial charge on any atom is 0.188 e. The Balaban J connectivity index is 2.10. The summed E-state index contributed by atoms with van der Waals surface area (Å²) >= 11 is 1.22. The van der Waals surface area contributed by atoms with Crippen molar-refractivity contribution in [1.82, 2.24) is 15.2 Å². The summed E-state index contributed by atoms with van der Waals surface area (Å²) in [5.74, 6) is -0.253. The third-order valence-electron chi connectivity index (χ3n) is 2.62. The van der Waals surface area contributed by atoms with Gasteiger partial charge in [0.1, 0.15) is 12.1 Å². The summed E-state index contributed by atoms with van der Waals surface area (Å²) in [5.41, 5.74) is 6.77. The normalized spacial score (nSPS) is 12.6. The Morgan fingerprint density at radius 2 is 2.33 bits per heavy atom. The standard InChI is InChI=1S/C12H15FN4S/c1-2-9(14)5-8-3-4-11(10(13)6-8)18-12-15-7-16-17-12/h3-4,6-7,9H,2,5,14H2,1H3,(H,15,16,17). The molecule has 0 aliphatic carbocycles. The maximum absolute atomic E-state index is 13.9. The predicted molar refractivity (Wildman–Crippen MR) is 68.9 cm³/mol. The minimum Gasteiger partial charge on any atom is -0.327 e. The van der Waals surface area contributed by atoms with Gasteiger partial charge >= 0.3 is 0 Å². The summed E-state index contributed by atoms with van der Waals surface area (Å²) in [4.78, 5) is 4.47. The average molecular weight is 266 g/mol. The van der Waals surface area contributed by atoms with Crippen LogP contribution >= 0.6 is 11.8 Å². The third kappa shape index (κ3) is 3.30. The molecule has 0 saturated carbocycles. The van der Waals surface area contributed by atoms with Gasteiger partial charge in [0.15, 0.2) is 5.16 Å². The number of nitrogens with one attached hydrogen (secondary N) is 1. The lowest BCUT2D eigenvalue weighted by Crippen LogP contribution is -2.21. The molecule has 0 saturated heterocycles. The highest BCUT2D eigenvalue weighted by Gasteiger charge is 2.09. The van der Waals surface area contributed by atoms with Crippen molar-refractivity contribution in [2.24, 2.45) is 5.73 Å². The molecule has 1 aromatic carbocycles. The Bertz CT molecular complexity index is 501. The summed E-state index contributed by atoms with van der Waals surface area (Å²) in [6, 6.07) is 5.27. The van der Waals surface area contributed by atoms with Crippen LogP contribution in [0, 0.1) is 5.82 Å². The molecule has 3 N–H and O–H groups in total. The zero-order valence-electron chi connectivity index (χ0n) is 10.1. The SMILES string of the molecule is CCC(N)Cc1ccc(Sc2ncn[nH]2)c(F)c1. The maximum atomic E-state index is 13.9. The molecule has 0 fully saturated rings. The van der Waals surface area contributed by atoms with Gasteiger partial charge in [-0.25, -0.2) is 9.37 Å². The van der Waals surface area contributed by atoms with Gasteiger partial charge in [0, 0.05) is 6.04 Å². The largest absolute Gasteiger partial charge is 0.327 e. The zero-order chi connectivity index (χ0) is 13.0. The van der Waals surface area contributed by atoms with Crippen LogP contribution in [0.2, 0.25) is 0 Å². The molecule has 0 aliphatic rings. The van der Waals surface area contributed by atoms with Gasteiger partial charge < -0.3 is 5.73 Å². The fraction of sp³-hybridized carbons (Fsp3) is 0.333. The highest BCUT2D eigenvalue weighted by molar-refractivity contribution is 7.99. The number of rotatable bonds is 5. The molecule has 1 atom stereocenters. The first-order valence-corrected chi connectivity index (χ1v) is 6.58. The van der Waals surface area contributed by atoms with Gasteiger partial charge in [-0.15, -0.1) is 0 Å². The monoisotopic (exact) mass is 266 g/mol. The predicted octanol–water partition coefficient (Wildman–Crippen LogP) is 2.37. The minimum atomic E-state index is -0.253. The molecule has 0 aliphatic heterocycles. The van der Waals surface area contributed by atoms with Crippen LogP contribution in [0.4, 0.5) is 4.39 Å². The first-order valence-electron chi connectivity index (χ1n) is 5.76. The van der Waals surface area contributed by atoms with Crippen LogP contribution in [0.3, 0.4) is 0 Å². The van der Waals surface area contributed by atoms with Crippen LogP contribution in [-0.4, -0.2) is 21.2 Å². The van der Waals surface area contributed by atoms with Crippen LogP contribution in [0.5, 0.6) is 0 Å². The summed E-state index contributed by atoms with van der Waals surface area (Å²) in [7, 11) is 0. The van der Waals surface area contributed by atoms with E-state index < -0.39 is 0 Å². The van der Waals surface area contributed by atoms with Crippen LogP contribution in [0.25, 0.3) is 0 Å². The van der Waals surface area contributed by atoms with Gasteiger partial charge in [0.25, 0.3) is 0 Å². The fourth-order valence-electron chi connectivity index (χ4n) is 1.55. The van der Waals surface area contributed by atoms with Gasteiger partial charge in [-0.3, -0.25) is 5.10 Å². The lowest BCUT2D eigenvalue weighted by atomic mass is 10.0. The second-order valence-electron chi connectivity index (χ2n) is 4.03. The molecule has 0 spiro atoms. The van der Waals surface area contributed by atoms with E-state index in [4.69, 9.17) is 5.73 Å². The van der Waals surface area contributed by atoms with Gasteiger partial charge in [-0.2, -0.15) is 5.10 Å².